The Balaban J connectivity index is 2.38. The number of carbonyl (C=O) groups excluding carboxylic acids is 1. The van der Waals surface area contributed by atoms with E-state index in [-0.39, 0.29) is 5.91 Å². The minimum absolute atomic E-state index is 0.107. The van der Waals surface area contributed by atoms with Crippen molar-refractivity contribution in [3.8, 4) is 0 Å². The summed E-state index contributed by atoms with van der Waals surface area (Å²) in [6.45, 7) is 8.88. The van der Waals surface area contributed by atoms with Crippen LogP contribution in [0.4, 0.5) is 0 Å². The van der Waals surface area contributed by atoms with Crippen LogP contribution in [0.1, 0.15) is 26.3 Å². The van der Waals surface area contributed by atoms with E-state index in [0.717, 1.165) is 24.5 Å². The van der Waals surface area contributed by atoms with Crippen LogP contribution in [0.5, 0.6) is 0 Å². The van der Waals surface area contributed by atoms with Crippen molar-refractivity contribution >= 4 is 17.7 Å². The lowest BCUT2D eigenvalue weighted by Crippen LogP contribution is -2.28. The first-order valence-corrected chi connectivity index (χ1v) is 7.79. The summed E-state index contributed by atoms with van der Waals surface area (Å²) in [4.78, 5) is 12.8. The monoisotopic (exact) mass is 280 g/mol. The van der Waals surface area contributed by atoms with Gasteiger partial charge in [-0.1, -0.05) is 32.9 Å². The molecule has 0 saturated carbocycles. The predicted molar refractivity (Wildman–Crippen MR) is 82.4 cm³/mol. The number of nitrogens with one attached hydrogen (secondary N) is 2. The van der Waals surface area contributed by atoms with E-state index in [4.69, 9.17) is 0 Å². The first-order valence-electron chi connectivity index (χ1n) is 6.81. The Kier molecular flexibility index (Phi) is 7.60. The van der Waals surface area contributed by atoms with Gasteiger partial charge in [0.05, 0.1) is 5.75 Å². The fourth-order valence-electron chi connectivity index (χ4n) is 1.53. The van der Waals surface area contributed by atoms with Gasteiger partial charge in [-0.2, -0.15) is 0 Å². The number of thioether (sulfide) groups is 1. The molecule has 0 saturated heterocycles. The quantitative estimate of drug-likeness (QED) is 0.719. The van der Waals surface area contributed by atoms with Crippen LogP contribution in [0.25, 0.3) is 0 Å². The van der Waals surface area contributed by atoms with Gasteiger partial charge in [0.2, 0.25) is 5.91 Å². The maximum atomic E-state index is 11.6. The van der Waals surface area contributed by atoms with Crippen LogP contribution in [0, 0.1) is 5.92 Å². The molecule has 3 nitrogen and oxygen atoms in total. The van der Waals surface area contributed by atoms with Gasteiger partial charge in [0.1, 0.15) is 0 Å². The highest BCUT2D eigenvalue weighted by atomic mass is 32.2. The molecule has 1 amide bonds. The van der Waals surface area contributed by atoms with Crippen LogP contribution < -0.4 is 10.6 Å². The molecular formula is C15H24N2OS. The fourth-order valence-corrected chi connectivity index (χ4v) is 2.34. The van der Waals surface area contributed by atoms with Crippen molar-refractivity contribution in [2.45, 2.75) is 32.2 Å². The third kappa shape index (κ3) is 7.23. The van der Waals surface area contributed by atoms with Gasteiger partial charge in [0.15, 0.2) is 0 Å². The first-order chi connectivity index (χ1) is 9.11. The zero-order valence-corrected chi connectivity index (χ0v) is 12.8. The summed E-state index contributed by atoms with van der Waals surface area (Å²) >= 11 is 1.59. The van der Waals surface area contributed by atoms with Gasteiger partial charge in [-0.25, -0.2) is 0 Å². The summed E-state index contributed by atoms with van der Waals surface area (Å²) < 4.78 is 0. The highest BCUT2D eigenvalue weighted by Gasteiger charge is 2.04. The lowest BCUT2D eigenvalue weighted by molar-refractivity contribution is -0.118. The van der Waals surface area contributed by atoms with Crippen molar-refractivity contribution in [3.63, 3.8) is 0 Å². The number of benzene rings is 1. The molecule has 0 unspecified atom stereocenters. The van der Waals surface area contributed by atoms with Crippen LogP contribution >= 0.6 is 11.8 Å². The molecule has 19 heavy (non-hydrogen) atoms. The zero-order chi connectivity index (χ0) is 14.1. The van der Waals surface area contributed by atoms with E-state index in [9.17, 15) is 4.79 Å². The summed E-state index contributed by atoms with van der Waals surface area (Å²) in [5, 5.41) is 6.23. The van der Waals surface area contributed by atoms with Gasteiger partial charge in [-0.05, 0) is 30.2 Å². The molecule has 1 rings (SSSR count). The molecular weight excluding hydrogens is 256 g/mol. The van der Waals surface area contributed by atoms with E-state index >= 15 is 0 Å². The minimum Gasteiger partial charge on any atom is -0.355 e. The van der Waals surface area contributed by atoms with Crippen LogP contribution in [-0.2, 0) is 11.3 Å². The minimum atomic E-state index is 0.107. The number of carbonyl (C=O) groups is 1. The van der Waals surface area contributed by atoms with Gasteiger partial charge in [-0.15, -0.1) is 11.8 Å². The highest BCUT2D eigenvalue weighted by molar-refractivity contribution is 8.00. The van der Waals surface area contributed by atoms with Crippen molar-refractivity contribution in [2.75, 3.05) is 18.8 Å². The van der Waals surface area contributed by atoms with E-state index in [1.807, 2.05) is 6.07 Å². The third-order valence-corrected chi connectivity index (χ3v) is 3.55. The Hall–Kier alpha value is -1.00. The smallest absolute Gasteiger partial charge is 0.230 e. The fraction of sp³-hybridized carbons (Fsp3) is 0.533. The molecule has 2 N–H and O–H groups in total. The van der Waals surface area contributed by atoms with Gasteiger partial charge in [0.25, 0.3) is 0 Å². The number of hydrogen-bond acceptors (Lipinski definition) is 3. The molecule has 0 fully saturated rings. The Morgan fingerprint density at radius 2 is 2.16 bits per heavy atom. The number of rotatable bonds is 8. The van der Waals surface area contributed by atoms with Gasteiger partial charge in [-0.3, -0.25) is 4.79 Å². The molecule has 0 aliphatic rings. The Morgan fingerprint density at radius 1 is 1.37 bits per heavy atom. The second-order valence-electron chi connectivity index (χ2n) is 4.91. The molecule has 106 valence electrons. The molecule has 0 radical (unpaired) electrons. The largest absolute Gasteiger partial charge is 0.355 e. The number of amides is 1. The lowest BCUT2D eigenvalue weighted by atomic mass is 10.2. The lowest BCUT2D eigenvalue weighted by Gasteiger charge is -2.08. The van der Waals surface area contributed by atoms with Crippen LogP contribution in [-0.4, -0.2) is 24.7 Å². The zero-order valence-electron chi connectivity index (χ0n) is 12.0. The number of hydrogen-bond donors (Lipinski definition) is 2. The summed E-state index contributed by atoms with van der Waals surface area (Å²) in [5.41, 5.74) is 1.26. The van der Waals surface area contributed by atoms with Gasteiger partial charge in [0, 0.05) is 18.0 Å². The molecule has 0 aliphatic heterocycles. The van der Waals surface area contributed by atoms with Crippen molar-refractivity contribution in [3.05, 3.63) is 29.8 Å². The van der Waals surface area contributed by atoms with Crippen LogP contribution in [0.15, 0.2) is 29.2 Å². The predicted octanol–water partition coefficient (Wildman–Crippen LogP) is 2.66. The molecule has 0 aliphatic carbocycles. The van der Waals surface area contributed by atoms with E-state index < -0.39 is 0 Å². The van der Waals surface area contributed by atoms with E-state index in [2.05, 4.69) is 49.6 Å². The second kappa shape index (κ2) is 8.99. The summed E-state index contributed by atoms with van der Waals surface area (Å²) in [5.74, 6) is 1.09. The Morgan fingerprint density at radius 3 is 2.84 bits per heavy atom. The normalized spacial score (nSPS) is 10.7. The molecule has 1 aromatic carbocycles. The molecule has 0 aromatic heterocycles. The van der Waals surface area contributed by atoms with Crippen molar-refractivity contribution in [1.82, 2.24) is 10.6 Å². The summed E-state index contributed by atoms with van der Waals surface area (Å²) in [6.07, 6.45) is 0. The summed E-state index contributed by atoms with van der Waals surface area (Å²) in [7, 11) is 0. The van der Waals surface area contributed by atoms with Crippen molar-refractivity contribution in [1.29, 1.82) is 0 Å². The Labute approximate surface area is 120 Å². The topological polar surface area (TPSA) is 41.1 Å². The molecule has 0 spiro atoms. The van der Waals surface area contributed by atoms with Crippen LogP contribution in [0.2, 0.25) is 0 Å². The average molecular weight is 280 g/mol. The van der Waals surface area contributed by atoms with Crippen molar-refractivity contribution < 1.29 is 4.79 Å². The molecule has 4 heteroatoms. The molecule has 0 bridgehead atoms. The van der Waals surface area contributed by atoms with Crippen LogP contribution in [0.3, 0.4) is 0 Å². The second-order valence-corrected chi connectivity index (χ2v) is 5.96. The van der Waals surface area contributed by atoms with E-state index in [0.29, 0.717) is 11.7 Å². The van der Waals surface area contributed by atoms with Gasteiger partial charge >= 0.3 is 0 Å². The molecule has 0 heterocycles. The third-order valence-electron chi connectivity index (χ3n) is 2.55. The highest BCUT2D eigenvalue weighted by Crippen LogP contribution is 2.18. The first kappa shape index (κ1) is 16.1. The van der Waals surface area contributed by atoms with E-state index in [1.54, 1.807) is 11.8 Å². The summed E-state index contributed by atoms with van der Waals surface area (Å²) in [6, 6.07) is 8.34. The molecule has 1 aromatic rings. The maximum Gasteiger partial charge on any atom is 0.230 e. The standard InChI is InChI=1S/C15H24N2OS/c1-4-16-10-13-6-5-7-14(8-13)19-11-15(18)17-9-12(2)3/h5-8,12,16H,4,9-11H2,1-3H3,(H,17,18). The maximum absolute atomic E-state index is 11.6. The van der Waals surface area contributed by atoms with E-state index in [1.165, 1.54) is 5.56 Å². The Bertz CT molecular complexity index is 393. The SMILES string of the molecule is CCNCc1cccc(SCC(=O)NCC(C)C)c1. The average Bonchev–Trinajstić information content (AvgIpc) is 2.41. The van der Waals surface area contributed by atoms with Gasteiger partial charge < -0.3 is 10.6 Å². The van der Waals surface area contributed by atoms with Crippen molar-refractivity contribution in [2.24, 2.45) is 5.92 Å². The molecule has 0 atom stereocenters.